The molecule has 0 spiro atoms. The fourth-order valence-corrected chi connectivity index (χ4v) is 2.71. The van der Waals surface area contributed by atoms with Crippen molar-refractivity contribution >= 4 is 15.9 Å². The molecule has 7 heteroatoms. The third-order valence-corrected chi connectivity index (χ3v) is 3.90. The van der Waals surface area contributed by atoms with Crippen LogP contribution in [0.25, 0.3) is 0 Å². The number of methoxy groups -OCH3 is 1. The van der Waals surface area contributed by atoms with E-state index in [0.29, 0.717) is 0 Å². The Morgan fingerprint density at radius 2 is 2.15 bits per heavy atom. The number of carbonyl (C=O) groups excluding carboxylic acids is 1. The normalized spacial score (nSPS) is 10.9. The van der Waals surface area contributed by atoms with Crippen molar-refractivity contribution in [3.63, 3.8) is 0 Å². The molecule has 0 saturated heterocycles. The van der Waals surface area contributed by atoms with Crippen LogP contribution in [0.4, 0.5) is 0 Å². The second-order valence-corrected chi connectivity index (χ2v) is 5.81. The molecule has 0 unspecified atom stereocenters. The van der Waals surface area contributed by atoms with Crippen molar-refractivity contribution in [2.45, 2.75) is 11.8 Å². The van der Waals surface area contributed by atoms with E-state index in [2.05, 4.69) is 16.6 Å². The van der Waals surface area contributed by atoms with Gasteiger partial charge >= 0.3 is 0 Å². The molecule has 110 valence electrons. The van der Waals surface area contributed by atoms with Gasteiger partial charge < -0.3 is 10.1 Å². The summed E-state index contributed by atoms with van der Waals surface area (Å²) in [5.74, 6) is -0.199. The highest BCUT2D eigenvalue weighted by atomic mass is 32.2. The smallest absolute Gasteiger partial charge is 0.244 e. The molecule has 0 heterocycles. The first-order valence-corrected chi connectivity index (χ1v) is 7.41. The molecule has 1 amide bonds. The van der Waals surface area contributed by atoms with Crippen LogP contribution in [0.15, 0.2) is 35.7 Å². The van der Waals surface area contributed by atoms with Crippen molar-refractivity contribution < 1.29 is 17.9 Å². The van der Waals surface area contributed by atoms with Gasteiger partial charge in [0.15, 0.2) is 0 Å². The minimum absolute atomic E-state index is 0.0107. The maximum Gasteiger partial charge on any atom is 0.244 e. The Balaban J connectivity index is 2.86. The lowest BCUT2D eigenvalue weighted by molar-refractivity contribution is -0.119. The number of hydrogen-bond donors (Lipinski definition) is 2. The second kappa shape index (κ2) is 7.06. The number of amides is 1. The molecule has 0 radical (unpaired) electrons. The van der Waals surface area contributed by atoms with Gasteiger partial charge in [0.2, 0.25) is 15.9 Å². The van der Waals surface area contributed by atoms with Crippen LogP contribution in [0.2, 0.25) is 0 Å². The highest BCUT2D eigenvalue weighted by molar-refractivity contribution is 7.89. The summed E-state index contributed by atoms with van der Waals surface area (Å²) in [5, 5.41) is 2.48. The lowest BCUT2D eigenvalue weighted by atomic mass is 10.2. The van der Waals surface area contributed by atoms with Gasteiger partial charge in [0, 0.05) is 6.54 Å². The summed E-state index contributed by atoms with van der Waals surface area (Å²) < 4.78 is 31.6. The molecular weight excluding hydrogens is 280 g/mol. The van der Waals surface area contributed by atoms with Gasteiger partial charge in [-0.25, -0.2) is 13.1 Å². The number of nitrogens with one attached hydrogen (secondary N) is 2. The van der Waals surface area contributed by atoms with Gasteiger partial charge in [-0.05, 0) is 24.6 Å². The van der Waals surface area contributed by atoms with E-state index in [9.17, 15) is 13.2 Å². The summed E-state index contributed by atoms with van der Waals surface area (Å²) in [4.78, 5) is 11.4. The van der Waals surface area contributed by atoms with Crippen LogP contribution >= 0.6 is 0 Å². The van der Waals surface area contributed by atoms with E-state index < -0.39 is 15.9 Å². The van der Waals surface area contributed by atoms with Gasteiger partial charge in [-0.15, -0.1) is 6.58 Å². The first kappa shape index (κ1) is 16.2. The molecule has 1 rings (SSSR count). The number of rotatable bonds is 7. The van der Waals surface area contributed by atoms with Gasteiger partial charge in [0.25, 0.3) is 0 Å². The van der Waals surface area contributed by atoms with E-state index in [1.54, 1.807) is 19.1 Å². The number of carbonyl (C=O) groups is 1. The molecule has 2 N–H and O–H groups in total. The van der Waals surface area contributed by atoms with Crippen LogP contribution in [-0.2, 0) is 14.8 Å². The topological polar surface area (TPSA) is 84.5 Å². The van der Waals surface area contributed by atoms with Crippen molar-refractivity contribution in [2.75, 3.05) is 20.2 Å². The molecule has 20 heavy (non-hydrogen) atoms. The van der Waals surface area contributed by atoms with E-state index in [1.807, 2.05) is 0 Å². The molecule has 0 fully saturated rings. The third kappa shape index (κ3) is 4.36. The molecule has 0 bridgehead atoms. The predicted molar refractivity (Wildman–Crippen MR) is 76.1 cm³/mol. The first-order valence-electron chi connectivity index (χ1n) is 5.92. The minimum atomic E-state index is -3.81. The van der Waals surface area contributed by atoms with E-state index >= 15 is 0 Å². The van der Waals surface area contributed by atoms with Crippen molar-refractivity contribution in [1.29, 1.82) is 0 Å². The summed E-state index contributed by atoms with van der Waals surface area (Å²) in [6.45, 7) is 5.17. The first-order chi connectivity index (χ1) is 9.40. The Morgan fingerprint density at radius 1 is 1.45 bits per heavy atom. The van der Waals surface area contributed by atoms with Crippen molar-refractivity contribution in [3.8, 4) is 5.75 Å². The molecule has 0 aliphatic heterocycles. The monoisotopic (exact) mass is 298 g/mol. The Hall–Kier alpha value is -1.86. The molecule has 0 aromatic heterocycles. The van der Waals surface area contributed by atoms with E-state index in [-0.39, 0.29) is 23.7 Å². The van der Waals surface area contributed by atoms with E-state index in [1.165, 1.54) is 19.3 Å². The quantitative estimate of drug-likeness (QED) is 0.721. The maximum absolute atomic E-state index is 12.2. The number of hydrogen-bond acceptors (Lipinski definition) is 4. The lowest BCUT2D eigenvalue weighted by Crippen LogP contribution is -2.37. The zero-order valence-electron chi connectivity index (χ0n) is 11.5. The largest absolute Gasteiger partial charge is 0.495 e. The molecular formula is C13H18N2O4S. The molecule has 1 aromatic carbocycles. The maximum atomic E-state index is 12.2. The summed E-state index contributed by atoms with van der Waals surface area (Å²) in [5.41, 5.74) is 0.780. The molecule has 0 aliphatic rings. The fourth-order valence-electron chi connectivity index (χ4n) is 1.48. The van der Waals surface area contributed by atoms with Crippen molar-refractivity contribution in [1.82, 2.24) is 10.0 Å². The lowest BCUT2D eigenvalue weighted by Gasteiger charge is -2.11. The van der Waals surface area contributed by atoms with Crippen LogP contribution < -0.4 is 14.8 Å². The molecule has 0 aliphatic carbocycles. The second-order valence-electron chi connectivity index (χ2n) is 4.07. The summed E-state index contributed by atoms with van der Waals surface area (Å²) in [7, 11) is -2.42. The molecule has 1 aromatic rings. The van der Waals surface area contributed by atoms with Gasteiger partial charge in [-0.1, -0.05) is 12.1 Å². The average Bonchev–Trinajstić information content (AvgIpc) is 2.43. The zero-order chi connectivity index (χ0) is 15.2. The molecule has 0 saturated carbocycles. The van der Waals surface area contributed by atoms with Crippen LogP contribution in [0.5, 0.6) is 5.75 Å². The van der Waals surface area contributed by atoms with Gasteiger partial charge in [0.05, 0.1) is 13.7 Å². The van der Waals surface area contributed by atoms with Crippen LogP contribution in [0.1, 0.15) is 5.56 Å². The van der Waals surface area contributed by atoms with Crippen LogP contribution in [0, 0.1) is 6.92 Å². The summed E-state index contributed by atoms with van der Waals surface area (Å²) in [6, 6.07) is 4.80. The summed E-state index contributed by atoms with van der Waals surface area (Å²) in [6.07, 6.45) is 1.51. The van der Waals surface area contributed by atoms with Crippen LogP contribution in [-0.4, -0.2) is 34.5 Å². The zero-order valence-corrected chi connectivity index (χ0v) is 12.3. The van der Waals surface area contributed by atoms with Crippen LogP contribution in [0.3, 0.4) is 0 Å². The Labute approximate surface area is 118 Å². The average molecular weight is 298 g/mol. The van der Waals surface area contributed by atoms with Crippen molar-refractivity contribution in [2.24, 2.45) is 0 Å². The van der Waals surface area contributed by atoms with Gasteiger partial charge in [0.1, 0.15) is 10.6 Å². The number of ether oxygens (including phenoxy) is 1. The highest BCUT2D eigenvalue weighted by Gasteiger charge is 2.20. The van der Waals surface area contributed by atoms with Gasteiger partial charge in [-0.2, -0.15) is 0 Å². The Bertz CT molecular complexity index is 596. The molecule has 0 atom stereocenters. The van der Waals surface area contributed by atoms with E-state index in [4.69, 9.17) is 4.74 Å². The van der Waals surface area contributed by atoms with Gasteiger partial charge in [-0.3, -0.25) is 4.79 Å². The minimum Gasteiger partial charge on any atom is -0.495 e. The fraction of sp³-hybridized carbons (Fsp3) is 0.308. The SMILES string of the molecule is C=CCNC(=O)CNS(=O)(=O)c1cc(C)ccc1OC. The van der Waals surface area contributed by atoms with Crippen molar-refractivity contribution in [3.05, 3.63) is 36.4 Å². The standard InChI is InChI=1S/C13H18N2O4S/c1-4-7-14-13(16)9-15-20(17,18)12-8-10(2)5-6-11(12)19-3/h4-6,8,15H,1,7,9H2,2-3H3,(H,14,16). The Morgan fingerprint density at radius 3 is 2.75 bits per heavy atom. The predicted octanol–water partition coefficient (Wildman–Crippen LogP) is 0.584. The Kier molecular flexibility index (Phi) is 5.72. The summed E-state index contributed by atoms with van der Waals surface area (Å²) >= 11 is 0. The highest BCUT2D eigenvalue weighted by Crippen LogP contribution is 2.24. The third-order valence-electron chi connectivity index (χ3n) is 2.47. The van der Waals surface area contributed by atoms with E-state index in [0.717, 1.165) is 5.56 Å². The number of benzene rings is 1. The number of sulfonamides is 1. The number of aryl methyl sites for hydroxylation is 1. The molecule has 6 nitrogen and oxygen atoms in total.